The van der Waals surface area contributed by atoms with Crippen LogP contribution in [0.4, 0.5) is 5.69 Å². The highest BCUT2D eigenvalue weighted by molar-refractivity contribution is 14.2. The third-order valence-electron chi connectivity index (χ3n) is 1.88. The average Bonchev–Trinajstić information content (AvgIpc) is 2.19. The van der Waals surface area contributed by atoms with E-state index in [1.165, 1.54) is 9.12 Å². The van der Waals surface area contributed by atoms with E-state index in [1.807, 2.05) is 24.3 Å². The Kier molecular flexibility index (Phi) is 4.11. The maximum atomic E-state index is 9.91. The summed E-state index contributed by atoms with van der Waals surface area (Å²) in [4.78, 5) is 0. The topological polar surface area (TPSA) is 32.3 Å². The van der Waals surface area contributed by atoms with Gasteiger partial charge in [-0.05, 0) is 13.0 Å². The second kappa shape index (κ2) is 4.91. The van der Waals surface area contributed by atoms with E-state index >= 15 is 0 Å². The number of benzene rings is 1. The fraction of sp³-hybridized carbons (Fsp3) is 0.200. The first-order chi connectivity index (χ1) is 6.61. The molecule has 0 bridgehead atoms. The number of nitrogens with one attached hydrogen (secondary N) is 1. The first kappa shape index (κ1) is 11.7. The molecule has 0 aliphatic carbocycles. The fourth-order valence-corrected chi connectivity index (χ4v) is 2.09. The van der Waals surface area contributed by atoms with Gasteiger partial charge in [0.25, 0.3) is 0 Å². The molecule has 1 aromatic rings. The molecule has 0 saturated heterocycles. The first-order valence-electron chi connectivity index (χ1n) is 3.95. The zero-order valence-electron chi connectivity index (χ0n) is 7.62. The van der Waals surface area contributed by atoms with Crippen LogP contribution in [0.25, 0.3) is 0 Å². The van der Waals surface area contributed by atoms with Crippen molar-refractivity contribution in [3.63, 3.8) is 0 Å². The lowest BCUT2D eigenvalue weighted by Crippen LogP contribution is -2.19. The van der Waals surface area contributed by atoms with E-state index in [1.54, 1.807) is 6.92 Å². The minimum Gasteiger partial charge on any atom is -0.374 e. The molecule has 0 radical (unpaired) electrons. The highest BCUT2D eigenvalue weighted by Gasteiger charge is 2.22. The molecule has 14 heavy (non-hydrogen) atoms. The number of rotatable bonds is 3. The molecule has 2 nitrogen and oxygen atoms in total. The monoisotopic (exact) mass is 319 g/mol. The van der Waals surface area contributed by atoms with Gasteiger partial charge >= 0.3 is 0 Å². The Bertz CT molecular complexity index is 359. The van der Waals surface area contributed by atoms with Crippen LogP contribution in [-0.2, 0) is 5.60 Å². The van der Waals surface area contributed by atoms with Crippen LogP contribution in [0, 0.1) is 12.3 Å². The largest absolute Gasteiger partial charge is 0.374 e. The molecule has 1 aromatic carbocycles. The summed E-state index contributed by atoms with van der Waals surface area (Å²) in [5.41, 5.74) is 0.331. The Morgan fingerprint density at radius 3 is 2.79 bits per heavy atom. The summed E-state index contributed by atoms with van der Waals surface area (Å²) in [5.74, 6) is 2.36. The number of anilines is 1. The Hall–Kier alpha value is -0.380. The highest BCUT2D eigenvalue weighted by atomic mass is 127. The lowest BCUT2D eigenvalue weighted by molar-refractivity contribution is 0.123. The van der Waals surface area contributed by atoms with Gasteiger partial charge in [-0.25, -0.2) is 0 Å². The van der Waals surface area contributed by atoms with Crippen molar-refractivity contribution in [2.45, 2.75) is 12.5 Å². The van der Waals surface area contributed by atoms with Crippen molar-refractivity contribution in [3.05, 3.63) is 29.8 Å². The summed E-state index contributed by atoms with van der Waals surface area (Å²) in [6.07, 6.45) is 5.27. The molecule has 4 heteroatoms. The number of halogens is 1. The van der Waals surface area contributed by atoms with Gasteiger partial charge in [0, 0.05) is 35.9 Å². The smallest absolute Gasteiger partial charge is 0.149 e. The Morgan fingerprint density at radius 2 is 2.21 bits per heavy atom. The summed E-state index contributed by atoms with van der Waals surface area (Å²) in [5, 5.41) is 9.91. The van der Waals surface area contributed by atoms with Crippen LogP contribution >= 0.6 is 30.3 Å². The molecule has 0 aliphatic heterocycles. The predicted molar refractivity (Wildman–Crippen MR) is 70.1 cm³/mol. The van der Waals surface area contributed by atoms with Crippen LogP contribution in [-0.4, -0.2) is 5.11 Å². The zero-order chi connectivity index (χ0) is 10.6. The van der Waals surface area contributed by atoms with E-state index in [2.05, 4.69) is 31.8 Å². The molecule has 0 heterocycles. The summed E-state index contributed by atoms with van der Waals surface area (Å²) in [6.45, 7) is 1.60. The number of aliphatic hydroxyl groups is 1. The number of terminal acetylenes is 1. The van der Waals surface area contributed by atoms with Crippen molar-refractivity contribution in [1.82, 2.24) is 0 Å². The van der Waals surface area contributed by atoms with Gasteiger partial charge in [-0.1, -0.05) is 24.1 Å². The summed E-state index contributed by atoms with van der Waals surface area (Å²) in [6, 6.07) is 7.44. The standard InChI is InChI=1S/C10H10INOS/c1-3-10(2,13)8-6-4-5-7-9(8)12-14-11/h1,4-7,12-13H,2H3. The molecule has 1 unspecified atom stereocenters. The Morgan fingerprint density at radius 1 is 1.57 bits per heavy atom. The van der Waals surface area contributed by atoms with Crippen molar-refractivity contribution >= 4 is 36.0 Å². The second-order valence-corrected chi connectivity index (χ2v) is 4.62. The van der Waals surface area contributed by atoms with Gasteiger partial charge in [-0.15, -0.1) is 6.42 Å². The molecule has 0 spiro atoms. The van der Waals surface area contributed by atoms with Crippen molar-refractivity contribution in [3.8, 4) is 12.3 Å². The molecule has 0 amide bonds. The van der Waals surface area contributed by atoms with Crippen LogP contribution in [0.15, 0.2) is 24.3 Å². The van der Waals surface area contributed by atoms with Gasteiger partial charge in [0.15, 0.2) is 0 Å². The SMILES string of the molecule is C#CC(C)(O)c1ccccc1NSI. The third-order valence-corrected chi connectivity index (χ3v) is 2.84. The Labute approximate surface area is 100 Å². The van der Waals surface area contributed by atoms with Crippen LogP contribution in [0.2, 0.25) is 0 Å². The minimum atomic E-state index is -1.23. The number of hydrogen-bond donors (Lipinski definition) is 2. The molecule has 1 rings (SSSR count). The molecular formula is C10H10INOS. The fourth-order valence-electron chi connectivity index (χ4n) is 1.12. The van der Waals surface area contributed by atoms with Crippen LogP contribution in [0.3, 0.4) is 0 Å². The quantitative estimate of drug-likeness (QED) is 0.510. The third kappa shape index (κ3) is 2.56. The van der Waals surface area contributed by atoms with Crippen molar-refractivity contribution in [2.75, 3.05) is 4.72 Å². The molecule has 0 aromatic heterocycles. The molecule has 0 fully saturated rings. The zero-order valence-corrected chi connectivity index (χ0v) is 10.6. The lowest BCUT2D eigenvalue weighted by atomic mass is 9.95. The van der Waals surface area contributed by atoms with Gasteiger partial charge in [0.2, 0.25) is 0 Å². The van der Waals surface area contributed by atoms with Crippen molar-refractivity contribution in [1.29, 1.82) is 0 Å². The van der Waals surface area contributed by atoms with E-state index < -0.39 is 5.60 Å². The molecule has 1 atom stereocenters. The normalized spacial score (nSPS) is 14.1. The number of hydrogen-bond acceptors (Lipinski definition) is 3. The summed E-state index contributed by atoms with van der Waals surface area (Å²) >= 11 is 2.12. The van der Waals surface area contributed by atoms with E-state index in [0.717, 1.165) is 5.69 Å². The van der Waals surface area contributed by atoms with E-state index in [9.17, 15) is 5.11 Å². The summed E-state index contributed by atoms with van der Waals surface area (Å²) in [7, 11) is 1.44. The minimum absolute atomic E-state index is 0.715. The molecular weight excluding hydrogens is 309 g/mol. The maximum absolute atomic E-state index is 9.91. The maximum Gasteiger partial charge on any atom is 0.149 e. The number of para-hydroxylation sites is 1. The van der Waals surface area contributed by atoms with Crippen LogP contribution in [0.1, 0.15) is 12.5 Å². The summed E-state index contributed by atoms with van der Waals surface area (Å²) < 4.78 is 3.06. The molecule has 0 aliphatic rings. The van der Waals surface area contributed by atoms with Gasteiger partial charge < -0.3 is 9.83 Å². The Balaban J connectivity index is 3.14. The van der Waals surface area contributed by atoms with Crippen molar-refractivity contribution in [2.24, 2.45) is 0 Å². The van der Waals surface area contributed by atoms with Crippen molar-refractivity contribution < 1.29 is 5.11 Å². The second-order valence-electron chi connectivity index (χ2n) is 2.94. The molecule has 0 saturated carbocycles. The average molecular weight is 319 g/mol. The lowest BCUT2D eigenvalue weighted by Gasteiger charge is -2.20. The van der Waals surface area contributed by atoms with E-state index in [4.69, 9.17) is 6.42 Å². The van der Waals surface area contributed by atoms with Crippen LogP contribution < -0.4 is 4.72 Å². The first-order valence-corrected chi connectivity index (χ1v) is 7.31. The van der Waals surface area contributed by atoms with Gasteiger partial charge in [0.1, 0.15) is 5.60 Å². The molecule has 2 N–H and O–H groups in total. The predicted octanol–water partition coefficient (Wildman–Crippen LogP) is 2.94. The van der Waals surface area contributed by atoms with E-state index in [0.29, 0.717) is 5.56 Å². The van der Waals surface area contributed by atoms with E-state index in [-0.39, 0.29) is 0 Å². The van der Waals surface area contributed by atoms with Gasteiger partial charge in [0.05, 0.1) is 5.69 Å². The molecule has 74 valence electrons. The highest BCUT2D eigenvalue weighted by Crippen LogP contribution is 2.30. The van der Waals surface area contributed by atoms with Gasteiger partial charge in [-0.3, -0.25) is 0 Å². The van der Waals surface area contributed by atoms with Gasteiger partial charge in [-0.2, -0.15) is 0 Å². The van der Waals surface area contributed by atoms with Crippen LogP contribution in [0.5, 0.6) is 0 Å².